The lowest BCUT2D eigenvalue weighted by molar-refractivity contribution is 0.256. The summed E-state index contributed by atoms with van der Waals surface area (Å²) in [4.78, 5) is 4.41. The van der Waals surface area contributed by atoms with Crippen molar-refractivity contribution in [2.24, 2.45) is 5.73 Å². The molecule has 0 saturated heterocycles. The molecule has 0 spiro atoms. The lowest BCUT2D eigenvalue weighted by Crippen LogP contribution is -2.36. The lowest BCUT2D eigenvalue weighted by atomic mass is 9.91. The second kappa shape index (κ2) is 5.19. The molecular formula is C11H19N3OS. The fourth-order valence-corrected chi connectivity index (χ4v) is 2.59. The van der Waals surface area contributed by atoms with E-state index in [2.05, 4.69) is 10.1 Å². The molecule has 0 amide bonds. The first-order valence-electron chi connectivity index (χ1n) is 5.85. The van der Waals surface area contributed by atoms with Crippen molar-refractivity contribution in [3.8, 4) is 0 Å². The van der Waals surface area contributed by atoms with Crippen LogP contribution in [0.25, 0.3) is 0 Å². The van der Waals surface area contributed by atoms with Crippen molar-refractivity contribution in [3.63, 3.8) is 0 Å². The lowest BCUT2D eigenvalue weighted by Gasteiger charge is -2.22. The van der Waals surface area contributed by atoms with E-state index >= 15 is 0 Å². The molecule has 0 aliphatic heterocycles. The Bertz CT molecular complexity index is 332. The summed E-state index contributed by atoms with van der Waals surface area (Å²) in [5.41, 5.74) is 6.01. The number of hydrogen-bond acceptors (Lipinski definition) is 5. The van der Waals surface area contributed by atoms with Crippen LogP contribution in [-0.4, -0.2) is 16.4 Å². The van der Waals surface area contributed by atoms with Gasteiger partial charge in [-0.05, 0) is 19.1 Å². The van der Waals surface area contributed by atoms with Gasteiger partial charge < -0.3 is 10.3 Å². The first kappa shape index (κ1) is 11.9. The van der Waals surface area contributed by atoms with Crippen LogP contribution < -0.4 is 5.73 Å². The van der Waals surface area contributed by atoms with E-state index in [4.69, 9.17) is 10.3 Å². The molecule has 2 rings (SSSR count). The average Bonchev–Trinajstić information content (AvgIpc) is 2.63. The topological polar surface area (TPSA) is 64.9 Å². The van der Waals surface area contributed by atoms with Gasteiger partial charge in [0.25, 0.3) is 0 Å². The fourth-order valence-electron chi connectivity index (χ4n) is 2.22. The van der Waals surface area contributed by atoms with Gasteiger partial charge in [-0.3, -0.25) is 0 Å². The molecular weight excluding hydrogens is 222 g/mol. The van der Waals surface area contributed by atoms with Crippen molar-refractivity contribution in [2.75, 3.05) is 6.26 Å². The van der Waals surface area contributed by atoms with Crippen LogP contribution in [0.1, 0.15) is 50.2 Å². The minimum atomic E-state index is -0.375. The molecule has 0 radical (unpaired) electrons. The van der Waals surface area contributed by atoms with Crippen LogP contribution in [0.3, 0.4) is 0 Å². The Labute approximate surface area is 100 Å². The number of aromatic nitrogens is 2. The van der Waals surface area contributed by atoms with Crippen LogP contribution in [-0.2, 0) is 11.3 Å². The van der Waals surface area contributed by atoms with E-state index in [-0.39, 0.29) is 5.54 Å². The van der Waals surface area contributed by atoms with E-state index in [1.807, 2.05) is 6.26 Å². The summed E-state index contributed by atoms with van der Waals surface area (Å²) in [5.74, 6) is 2.19. The second-order valence-electron chi connectivity index (χ2n) is 4.52. The second-order valence-corrected chi connectivity index (χ2v) is 5.39. The smallest absolute Gasteiger partial charge is 0.246 e. The number of nitrogens with two attached hydrogens (primary N) is 1. The van der Waals surface area contributed by atoms with Crippen molar-refractivity contribution < 1.29 is 4.52 Å². The standard InChI is InChI=1S/C11H19N3OS/c1-16-8-9-13-10(15-14-9)11(12)6-4-2-3-5-7-11/h2-8,12H2,1H3. The van der Waals surface area contributed by atoms with Crippen molar-refractivity contribution in [3.05, 3.63) is 11.7 Å². The van der Waals surface area contributed by atoms with E-state index in [0.717, 1.165) is 37.3 Å². The largest absolute Gasteiger partial charge is 0.337 e. The molecule has 1 aromatic heterocycles. The highest BCUT2D eigenvalue weighted by molar-refractivity contribution is 7.97. The van der Waals surface area contributed by atoms with Crippen LogP contribution in [0.5, 0.6) is 0 Å². The monoisotopic (exact) mass is 241 g/mol. The Hall–Kier alpha value is -0.550. The molecule has 5 heteroatoms. The Kier molecular flexibility index (Phi) is 3.86. The van der Waals surface area contributed by atoms with E-state index in [1.165, 1.54) is 12.8 Å². The van der Waals surface area contributed by atoms with Gasteiger partial charge in [0, 0.05) is 0 Å². The molecule has 1 aliphatic rings. The third kappa shape index (κ3) is 2.58. The molecule has 4 nitrogen and oxygen atoms in total. The molecule has 90 valence electrons. The Morgan fingerprint density at radius 3 is 2.62 bits per heavy atom. The summed E-state index contributed by atoms with van der Waals surface area (Å²) in [6, 6.07) is 0. The fraction of sp³-hybridized carbons (Fsp3) is 0.818. The first-order chi connectivity index (χ1) is 7.74. The van der Waals surface area contributed by atoms with Gasteiger partial charge in [0.1, 0.15) is 0 Å². The van der Waals surface area contributed by atoms with Gasteiger partial charge in [-0.25, -0.2) is 0 Å². The summed E-state index contributed by atoms with van der Waals surface area (Å²) >= 11 is 1.69. The van der Waals surface area contributed by atoms with Crippen LogP contribution >= 0.6 is 11.8 Å². The SMILES string of the molecule is CSCc1noc(C2(N)CCCCCC2)n1. The highest BCUT2D eigenvalue weighted by Gasteiger charge is 2.33. The number of nitrogens with zero attached hydrogens (tertiary/aromatic N) is 2. The molecule has 1 saturated carbocycles. The molecule has 1 aromatic rings. The van der Waals surface area contributed by atoms with E-state index in [1.54, 1.807) is 11.8 Å². The molecule has 1 fully saturated rings. The predicted octanol–water partition coefficient (Wildman–Crippen LogP) is 2.44. The van der Waals surface area contributed by atoms with Crippen molar-refractivity contribution in [1.82, 2.24) is 10.1 Å². The summed E-state index contributed by atoms with van der Waals surface area (Å²) in [6.07, 6.45) is 8.82. The molecule has 1 heterocycles. The van der Waals surface area contributed by atoms with Gasteiger partial charge in [-0.1, -0.05) is 30.8 Å². The predicted molar refractivity (Wildman–Crippen MR) is 65.1 cm³/mol. The molecule has 2 N–H and O–H groups in total. The Morgan fingerprint density at radius 1 is 1.31 bits per heavy atom. The van der Waals surface area contributed by atoms with E-state index in [9.17, 15) is 0 Å². The van der Waals surface area contributed by atoms with Crippen LogP contribution in [0.15, 0.2) is 4.52 Å². The maximum atomic E-state index is 6.39. The van der Waals surface area contributed by atoms with Gasteiger partial charge in [0.05, 0.1) is 11.3 Å². The number of rotatable bonds is 3. The molecule has 0 bridgehead atoms. The third-order valence-electron chi connectivity index (χ3n) is 3.16. The molecule has 16 heavy (non-hydrogen) atoms. The normalized spacial score (nSPS) is 20.6. The van der Waals surface area contributed by atoms with Crippen LogP contribution in [0.4, 0.5) is 0 Å². The van der Waals surface area contributed by atoms with Crippen molar-refractivity contribution >= 4 is 11.8 Å². The summed E-state index contributed by atoms with van der Waals surface area (Å²) in [7, 11) is 0. The molecule has 0 atom stereocenters. The Morgan fingerprint density at radius 2 is 2.00 bits per heavy atom. The zero-order valence-corrected chi connectivity index (χ0v) is 10.6. The minimum absolute atomic E-state index is 0.375. The van der Waals surface area contributed by atoms with Gasteiger partial charge in [0.15, 0.2) is 5.82 Å². The third-order valence-corrected chi connectivity index (χ3v) is 3.71. The number of thioether (sulfide) groups is 1. The molecule has 0 unspecified atom stereocenters. The highest BCUT2D eigenvalue weighted by Crippen LogP contribution is 2.32. The minimum Gasteiger partial charge on any atom is -0.337 e. The van der Waals surface area contributed by atoms with E-state index in [0.29, 0.717) is 5.89 Å². The van der Waals surface area contributed by atoms with Gasteiger partial charge >= 0.3 is 0 Å². The first-order valence-corrected chi connectivity index (χ1v) is 7.25. The zero-order valence-electron chi connectivity index (χ0n) is 9.74. The average molecular weight is 241 g/mol. The number of hydrogen-bond donors (Lipinski definition) is 1. The molecule has 0 aromatic carbocycles. The van der Waals surface area contributed by atoms with Gasteiger partial charge in [0.2, 0.25) is 5.89 Å². The summed E-state index contributed by atoms with van der Waals surface area (Å²) in [5, 5.41) is 3.97. The van der Waals surface area contributed by atoms with Crippen LogP contribution in [0.2, 0.25) is 0 Å². The highest BCUT2D eigenvalue weighted by atomic mass is 32.2. The van der Waals surface area contributed by atoms with Crippen molar-refractivity contribution in [1.29, 1.82) is 0 Å². The quantitative estimate of drug-likeness (QED) is 0.823. The summed E-state index contributed by atoms with van der Waals surface area (Å²) in [6.45, 7) is 0. The Balaban J connectivity index is 2.13. The van der Waals surface area contributed by atoms with Gasteiger partial charge in [-0.2, -0.15) is 16.7 Å². The maximum Gasteiger partial charge on any atom is 0.246 e. The van der Waals surface area contributed by atoms with Gasteiger partial charge in [-0.15, -0.1) is 0 Å². The summed E-state index contributed by atoms with van der Waals surface area (Å²) < 4.78 is 5.32. The molecule has 1 aliphatic carbocycles. The maximum absolute atomic E-state index is 6.39. The zero-order chi connectivity index (χ0) is 11.4. The van der Waals surface area contributed by atoms with Crippen LogP contribution in [0, 0.1) is 0 Å². The van der Waals surface area contributed by atoms with Crippen molar-refractivity contribution in [2.45, 2.75) is 49.8 Å². The van der Waals surface area contributed by atoms with E-state index < -0.39 is 0 Å².